The Bertz CT molecular complexity index is 240. The van der Waals surface area contributed by atoms with Crippen LogP contribution < -0.4 is 26.5 Å². The van der Waals surface area contributed by atoms with Gasteiger partial charge in [-0.25, -0.2) is 0 Å². The molecule has 3 nitrogen and oxygen atoms in total. The monoisotopic (exact) mass is 309 g/mol. The minimum absolute atomic E-state index is 0.0132. The van der Waals surface area contributed by atoms with Gasteiger partial charge in [0.05, 0.1) is 0 Å². The molecule has 1 rings (SSSR count). The van der Waals surface area contributed by atoms with E-state index in [1.807, 2.05) is 0 Å². The minimum atomic E-state index is 0.0132. The van der Waals surface area contributed by atoms with Crippen LogP contribution in [0.4, 0.5) is 0 Å². The maximum atomic E-state index is 11.3. The summed E-state index contributed by atoms with van der Waals surface area (Å²) in [5, 5.41) is 3.02. The van der Waals surface area contributed by atoms with E-state index in [1.165, 1.54) is 10.8 Å². The fourth-order valence-electron chi connectivity index (χ4n) is 1.59. The van der Waals surface area contributed by atoms with Crippen LogP contribution in [0.25, 0.3) is 0 Å². The van der Waals surface area contributed by atoms with E-state index in [9.17, 15) is 4.79 Å². The number of nitrogens with one attached hydrogen (secondary N) is 1. The van der Waals surface area contributed by atoms with E-state index in [0.717, 1.165) is 6.42 Å². The number of alkyl halides is 2. The third kappa shape index (κ3) is 3.22. The Morgan fingerprint density at radius 3 is 2.93 bits per heavy atom. The van der Waals surface area contributed by atoms with Crippen molar-refractivity contribution in [1.82, 2.24) is 5.32 Å². The summed E-state index contributed by atoms with van der Waals surface area (Å²) in [5.74, 6) is 0.0132. The van der Waals surface area contributed by atoms with Crippen molar-refractivity contribution in [2.24, 2.45) is 4.99 Å². The molecule has 0 aromatic heterocycles. The molecule has 1 amide bonds. The van der Waals surface area contributed by atoms with Crippen LogP contribution in [0.15, 0.2) is 4.99 Å². The van der Waals surface area contributed by atoms with Crippen molar-refractivity contribution in [3.8, 4) is 0 Å². The predicted molar refractivity (Wildman–Crippen MR) is 54.5 cm³/mol. The number of rotatable bonds is 4. The Labute approximate surface area is 96.0 Å². The molecule has 0 radical (unpaired) electrons. The molecule has 0 fully saturated rings. The van der Waals surface area contributed by atoms with Gasteiger partial charge in [0, 0.05) is 0 Å². The zero-order valence-electron chi connectivity index (χ0n) is 9.01. The fourth-order valence-corrected chi connectivity index (χ4v) is 2.79. The summed E-state index contributed by atoms with van der Waals surface area (Å²) in [6, 6.07) is 0.518. The topological polar surface area (TPSA) is 41.5 Å². The van der Waals surface area contributed by atoms with Crippen LogP contribution in [0.5, 0.6) is 0 Å². The Morgan fingerprint density at radius 1 is 1.57 bits per heavy atom. The van der Waals surface area contributed by atoms with Gasteiger partial charge in [0.1, 0.15) is 0 Å². The van der Waals surface area contributed by atoms with Crippen molar-refractivity contribution in [2.45, 2.75) is 38.8 Å². The quantitative estimate of drug-likeness (QED) is 0.359. The van der Waals surface area contributed by atoms with E-state index in [2.05, 4.69) is 22.2 Å². The molecule has 1 aliphatic rings. The average molecular weight is 309 g/mol. The van der Waals surface area contributed by atoms with Crippen molar-refractivity contribution in [3.05, 3.63) is 0 Å². The Balaban J connectivity index is 2.43. The average Bonchev–Trinajstić information content (AvgIpc) is 2.14. The van der Waals surface area contributed by atoms with Gasteiger partial charge in [0.25, 0.3) is 0 Å². The van der Waals surface area contributed by atoms with Crippen LogP contribution in [0.1, 0.15) is 26.7 Å². The van der Waals surface area contributed by atoms with E-state index in [-0.39, 0.29) is 18.0 Å². The summed E-state index contributed by atoms with van der Waals surface area (Å²) < 4.78 is 1.35. The molecule has 0 bridgehead atoms. The number of carbonyl (C=O) groups excluding carboxylic acids is 1. The first-order valence-electron chi connectivity index (χ1n) is 4.94. The summed E-state index contributed by atoms with van der Waals surface area (Å²) in [4.78, 5) is 18.0. The van der Waals surface area contributed by atoms with Gasteiger partial charge in [-0.15, -0.1) is 0 Å². The molecule has 0 aliphatic carbocycles. The molecule has 4 heteroatoms. The number of hydrogen-bond donors (Lipinski definition) is 1. The Hall–Kier alpha value is -0.130. The van der Waals surface area contributed by atoms with Gasteiger partial charge in [-0.1, -0.05) is 0 Å². The number of halogens is 1. The SMILES string of the molecule is C[I-]CCCC1NC(=O)C(C)=NC1C. The maximum absolute atomic E-state index is 11.3. The van der Waals surface area contributed by atoms with Crippen LogP contribution in [0.2, 0.25) is 0 Å². The third-order valence-electron chi connectivity index (χ3n) is 2.46. The van der Waals surface area contributed by atoms with E-state index in [1.54, 1.807) is 6.92 Å². The van der Waals surface area contributed by atoms with Crippen LogP contribution in [-0.4, -0.2) is 33.1 Å². The second-order valence-corrected chi connectivity index (χ2v) is 6.24. The van der Waals surface area contributed by atoms with Crippen LogP contribution in [-0.2, 0) is 4.79 Å². The Kier molecular flexibility index (Phi) is 4.84. The van der Waals surface area contributed by atoms with Crippen LogP contribution >= 0.6 is 0 Å². The van der Waals surface area contributed by atoms with E-state index < -0.39 is 0 Å². The number of hydrogen-bond acceptors (Lipinski definition) is 2. The summed E-state index contributed by atoms with van der Waals surface area (Å²) in [7, 11) is 0. The van der Waals surface area contributed by atoms with Gasteiger partial charge in [0.2, 0.25) is 0 Å². The van der Waals surface area contributed by atoms with Gasteiger partial charge >= 0.3 is 96.1 Å². The van der Waals surface area contributed by atoms with Crippen LogP contribution in [0, 0.1) is 0 Å². The molecule has 2 atom stereocenters. The standard InChI is InChI=1S/C10H18IN2O/c1-7-9(5-4-6-11-3)13-10(14)8(2)12-7/h7,9H,4-6H2,1-3H3,(H,13,14)/q-1. The molecular formula is C10H18IN2O-. The van der Waals surface area contributed by atoms with Crippen molar-refractivity contribution < 1.29 is 26.0 Å². The summed E-state index contributed by atoms with van der Waals surface area (Å²) in [5.41, 5.74) is 0.622. The first-order valence-corrected chi connectivity index (χ1v) is 8.62. The second kappa shape index (κ2) is 5.68. The molecule has 0 saturated heterocycles. The van der Waals surface area contributed by atoms with Crippen molar-refractivity contribution in [2.75, 3.05) is 9.36 Å². The summed E-state index contributed by atoms with van der Waals surface area (Å²) >= 11 is 0.395. The first-order chi connectivity index (χ1) is 6.65. The normalized spacial score (nSPS) is 27.4. The van der Waals surface area contributed by atoms with Crippen molar-refractivity contribution in [1.29, 1.82) is 0 Å². The van der Waals surface area contributed by atoms with Gasteiger partial charge in [-0.2, -0.15) is 0 Å². The molecule has 1 heterocycles. The molecule has 0 spiro atoms. The number of nitrogens with zero attached hydrogens (tertiary/aromatic N) is 1. The Morgan fingerprint density at radius 2 is 2.29 bits per heavy atom. The van der Waals surface area contributed by atoms with E-state index >= 15 is 0 Å². The molecular weight excluding hydrogens is 291 g/mol. The third-order valence-corrected chi connectivity index (χ3v) is 4.30. The predicted octanol–water partition coefficient (Wildman–Crippen LogP) is -2.17. The van der Waals surface area contributed by atoms with Crippen LogP contribution in [0.3, 0.4) is 0 Å². The summed E-state index contributed by atoms with van der Waals surface area (Å²) in [6.07, 6.45) is 2.31. The van der Waals surface area contributed by atoms with E-state index in [0.29, 0.717) is 26.9 Å². The molecule has 82 valence electrons. The van der Waals surface area contributed by atoms with Gasteiger partial charge in [-0.3, -0.25) is 0 Å². The van der Waals surface area contributed by atoms with Gasteiger partial charge in [0.15, 0.2) is 0 Å². The molecule has 0 aromatic carbocycles. The molecule has 1 N–H and O–H groups in total. The van der Waals surface area contributed by atoms with Gasteiger partial charge in [-0.05, 0) is 0 Å². The summed E-state index contributed by atoms with van der Waals surface area (Å²) in [6.45, 7) is 3.86. The molecule has 0 aromatic rings. The number of amides is 1. The first kappa shape index (κ1) is 11.9. The molecule has 2 unspecified atom stereocenters. The zero-order valence-corrected chi connectivity index (χ0v) is 11.2. The molecule has 0 saturated carbocycles. The molecule has 1 aliphatic heterocycles. The second-order valence-electron chi connectivity index (χ2n) is 3.63. The van der Waals surface area contributed by atoms with Gasteiger partial charge < -0.3 is 0 Å². The number of aliphatic imine (C=N–C) groups is 1. The van der Waals surface area contributed by atoms with Crippen molar-refractivity contribution >= 4 is 11.6 Å². The molecule has 14 heavy (non-hydrogen) atoms. The van der Waals surface area contributed by atoms with E-state index in [4.69, 9.17) is 0 Å². The number of carbonyl (C=O) groups is 1. The fraction of sp³-hybridized carbons (Fsp3) is 0.800. The van der Waals surface area contributed by atoms with Crippen molar-refractivity contribution in [3.63, 3.8) is 0 Å². The zero-order chi connectivity index (χ0) is 10.6.